The largest absolute Gasteiger partial charge is 0.460 e. The summed E-state index contributed by atoms with van der Waals surface area (Å²) in [5.41, 5.74) is 4.13. The lowest BCUT2D eigenvalue weighted by atomic mass is 10.2. The summed E-state index contributed by atoms with van der Waals surface area (Å²) in [7, 11) is 0. The molecule has 0 unspecified atom stereocenters. The molecule has 0 atom stereocenters. The summed E-state index contributed by atoms with van der Waals surface area (Å²) < 4.78 is 86.2. The molecule has 3 nitrogen and oxygen atoms in total. The fourth-order valence-corrected chi connectivity index (χ4v) is 0.460. The second-order valence-electron chi connectivity index (χ2n) is 2.38. The highest BCUT2D eigenvalue weighted by atomic mass is 19.4. The average Bonchev–Trinajstić information content (AvgIpc) is 1.98. The van der Waals surface area contributed by atoms with Crippen LogP contribution in [0.4, 0.5) is 35.5 Å². The summed E-state index contributed by atoms with van der Waals surface area (Å²) in [6, 6.07) is 0. The molecule has 15 heavy (non-hydrogen) atoms. The van der Waals surface area contributed by atoms with Crippen LogP contribution in [0.15, 0.2) is 0 Å². The highest BCUT2D eigenvalue weighted by molar-refractivity contribution is 5.64. The third-order valence-electron chi connectivity index (χ3n) is 1.21. The first-order valence-corrected chi connectivity index (χ1v) is 3.16. The van der Waals surface area contributed by atoms with Gasteiger partial charge in [-0.1, -0.05) is 0 Å². The molecular weight excluding hydrogens is 239 g/mol. The molecule has 0 aliphatic carbocycles. The number of carbonyl (C=O) groups excluding carboxylic acids is 1. The number of primary amides is 1. The molecule has 0 aromatic rings. The third kappa shape index (κ3) is 2.86. The maximum Gasteiger partial charge on any atom is 0.460 e. The van der Waals surface area contributed by atoms with Crippen molar-refractivity contribution in [3.63, 3.8) is 0 Å². The minimum Gasteiger partial charge on any atom is -0.443 e. The van der Waals surface area contributed by atoms with Crippen LogP contribution in [0.2, 0.25) is 0 Å². The van der Waals surface area contributed by atoms with E-state index in [9.17, 15) is 35.5 Å². The molecule has 2 N–H and O–H groups in total. The van der Waals surface area contributed by atoms with Crippen LogP contribution < -0.4 is 5.73 Å². The van der Waals surface area contributed by atoms with Crippen molar-refractivity contribution >= 4 is 6.09 Å². The Balaban J connectivity index is 4.77. The van der Waals surface area contributed by atoms with Crippen LogP contribution in [-0.2, 0) is 4.74 Å². The lowest BCUT2D eigenvalue weighted by Gasteiger charge is -2.27. The topological polar surface area (TPSA) is 52.3 Å². The molecule has 1 amide bonds. The Morgan fingerprint density at radius 2 is 1.47 bits per heavy atom. The van der Waals surface area contributed by atoms with Crippen molar-refractivity contribution in [1.29, 1.82) is 0 Å². The van der Waals surface area contributed by atoms with Crippen LogP contribution in [0.25, 0.3) is 0 Å². The molecular formula is C5H4F7NO2. The van der Waals surface area contributed by atoms with Gasteiger partial charge in [-0.3, -0.25) is 0 Å². The summed E-state index contributed by atoms with van der Waals surface area (Å²) in [4.78, 5) is 9.76. The first kappa shape index (κ1) is 13.8. The van der Waals surface area contributed by atoms with E-state index in [4.69, 9.17) is 0 Å². The Bertz CT molecular complexity index is 248. The number of alkyl halides is 7. The normalized spacial score (nSPS) is 13.8. The van der Waals surface area contributed by atoms with Crippen LogP contribution in [0.1, 0.15) is 0 Å². The van der Waals surface area contributed by atoms with Gasteiger partial charge in [0.05, 0.1) is 0 Å². The predicted molar refractivity (Wildman–Crippen MR) is 31.5 cm³/mol. The summed E-state index contributed by atoms with van der Waals surface area (Å²) in [5.74, 6) is -11.9. The van der Waals surface area contributed by atoms with Crippen LogP contribution in [0.3, 0.4) is 0 Å². The summed E-state index contributed by atoms with van der Waals surface area (Å²) >= 11 is 0. The Kier molecular flexibility index (Phi) is 3.43. The fourth-order valence-electron chi connectivity index (χ4n) is 0.460. The lowest BCUT2D eigenvalue weighted by molar-refractivity contribution is -0.359. The van der Waals surface area contributed by atoms with Gasteiger partial charge in [0, 0.05) is 0 Å². The zero-order chi connectivity index (χ0) is 12.5. The molecule has 0 saturated heterocycles. The molecule has 0 aromatic heterocycles. The zero-order valence-electron chi connectivity index (χ0n) is 6.75. The van der Waals surface area contributed by atoms with Crippen molar-refractivity contribution in [2.75, 3.05) is 6.61 Å². The molecule has 0 fully saturated rings. The molecule has 0 bridgehead atoms. The smallest absolute Gasteiger partial charge is 0.443 e. The standard InChI is InChI=1S/C5H4F7NO2/c6-3(7,1-15-2(13)14)4(8,9)5(10,11)12/h1H2,(H2,13,14). The predicted octanol–water partition coefficient (Wildman–Crippen LogP) is 1.91. The first-order valence-electron chi connectivity index (χ1n) is 3.16. The number of halogens is 7. The van der Waals surface area contributed by atoms with Crippen molar-refractivity contribution in [2.45, 2.75) is 18.0 Å². The van der Waals surface area contributed by atoms with Gasteiger partial charge in [0.15, 0.2) is 6.61 Å². The van der Waals surface area contributed by atoms with Crippen LogP contribution in [0.5, 0.6) is 0 Å². The van der Waals surface area contributed by atoms with Gasteiger partial charge in [-0.15, -0.1) is 0 Å². The van der Waals surface area contributed by atoms with E-state index in [0.29, 0.717) is 0 Å². The molecule has 0 aliphatic heterocycles. The van der Waals surface area contributed by atoms with E-state index in [0.717, 1.165) is 0 Å². The van der Waals surface area contributed by atoms with Gasteiger partial charge in [0.1, 0.15) is 0 Å². The van der Waals surface area contributed by atoms with Crippen LogP contribution in [-0.4, -0.2) is 30.7 Å². The molecule has 0 heterocycles. The minimum absolute atomic E-state index is 1.88. The maximum atomic E-state index is 12.3. The second kappa shape index (κ2) is 3.74. The Morgan fingerprint density at radius 1 is 1.07 bits per heavy atom. The molecule has 0 aliphatic rings. The van der Waals surface area contributed by atoms with E-state index in [-0.39, 0.29) is 0 Å². The Hall–Kier alpha value is -1.22. The van der Waals surface area contributed by atoms with E-state index < -0.39 is 30.7 Å². The average molecular weight is 243 g/mol. The SMILES string of the molecule is NC(=O)OCC(F)(F)C(F)(F)C(F)(F)F. The number of amides is 1. The number of nitrogens with two attached hydrogens (primary N) is 1. The van der Waals surface area contributed by atoms with E-state index >= 15 is 0 Å². The van der Waals surface area contributed by atoms with Gasteiger partial charge in [-0.2, -0.15) is 30.7 Å². The highest BCUT2D eigenvalue weighted by Crippen LogP contribution is 2.46. The van der Waals surface area contributed by atoms with Crippen LogP contribution in [0, 0.1) is 0 Å². The third-order valence-corrected chi connectivity index (χ3v) is 1.21. The van der Waals surface area contributed by atoms with Crippen molar-refractivity contribution in [3.05, 3.63) is 0 Å². The maximum absolute atomic E-state index is 12.3. The van der Waals surface area contributed by atoms with Crippen LogP contribution >= 0.6 is 0 Å². The van der Waals surface area contributed by atoms with E-state index in [1.807, 2.05) is 0 Å². The van der Waals surface area contributed by atoms with Gasteiger partial charge < -0.3 is 10.5 Å². The number of hydrogen-bond donors (Lipinski definition) is 1. The molecule has 0 saturated carbocycles. The fraction of sp³-hybridized carbons (Fsp3) is 0.800. The van der Waals surface area contributed by atoms with Crippen molar-refractivity contribution < 1.29 is 40.3 Å². The van der Waals surface area contributed by atoms with Crippen molar-refractivity contribution in [3.8, 4) is 0 Å². The number of rotatable bonds is 3. The van der Waals surface area contributed by atoms with Gasteiger partial charge in [0.2, 0.25) is 0 Å². The Morgan fingerprint density at radius 3 is 1.73 bits per heavy atom. The summed E-state index contributed by atoms with van der Waals surface area (Å²) in [5, 5.41) is 0. The van der Waals surface area contributed by atoms with E-state index in [1.54, 1.807) is 0 Å². The van der Waals surface area contributed by atoms with Gasteiger partial charge in [0.25, 0.3) is 0 Å². The highest BCUT2D eigenvalue weighted by Gasteiger charge is 2.73. The number of carbonyl (C=O) groups is 1. The second-order valence-corrected chi connectivity index (χ2v) is 2.38. The molecule has 10 heteroatoms. The molecule has 90 valence electrons. The summed E-state index contributed by atoms with van der Waals surface area (Å²) in [6.45, 7) is -2.45. The Labute approximate surface area is 78.0 Å². The first-order chi connectivity index (χ1) is 6.42. The van der Waals surface area contributed by atoms with Crippen molar-refractivity contribution in [1.82, 2.24) is 0 Å². The lowest BCUT2D eigenvalue weighted by Crippen LogP contribution is -2.54. The summed E-state index contributed by atoms with van der Waals surface area (Å²) in [6.07, 6.45) is -8.33. The number of hydrogen-bond acceptors (Lipinski definition) is 2. The van der Waals surface area contributed by atoms with Gasteiger partial charge in [-0.05, 0) is 0 Å². The zero-order valence-corrected chi connectivity index (χ0v) is 6.75. The van der Waals surface area contributed by atoms with E-state index in [1.165, 1.54) is 0 Å². The molecule has 0 spiro atoms. The monoisotopic (exact) mass is 243 g/mol. The van der Waals surface area contributed by atoms with Gasteiger partial charge >= 0.3 is 24.1 Å². The number of ether oxygens (including phenoxy) is 1. The minimum atomic E-state index is -6.45. The van der Waals surface area contributed by atoms with Gasteiger partial charge in [-0.25, -0.2) is 4.79 Å². The molecule has 0 radical (unpaired) electrons. The molecule has 0 aromatic carbocycles. The van der Waals surface area contributed by atoms with Crippen molar-refractivity contribution in [2.24, 2.45) is 5.73 Å². The van der Waals surface area contributed by atoms with E-state index in [2.05, 4.69) is 10.5 Å². The quantitative estimate of drug-likeness (QED) is 0.770. The molecule has 0 rings (SSSR count).